The number of hydrogen-bond donors (Lipinski definition) is 1. The fraction of sp³-hybridized carbons (Fsp3) is 1.00. The van der Waals surface area contributed by atoms with Crippen molar-refractivity contribution in [2.45, 2.75) is 12.8 Å². The first kappa shape index (κ1) is 6.99. The Kier molecular flexibility index (Phi) is 2.97. The molecule has 1 aliphatic heterocycles. The van der Waals surface area contributed by atoms with Gasteiger partial charge in [0.1, 0.15) is 0 Å². The average Bonchev–Trinajstić information content (AvgIpc) is 2.34. The smallest absolute Gasteiger partial charge is 0.0807 e. The van der Waals surface area contributed by atoms with Crippen molar-refractivity contribution in [3.63, 3.8) is 0 Å². The van der Waals surface area contributed by atoms with Crippen LogP contribution in [0.3, 0.4) is 0 Å². The molecule has 0 saturated carbocycles. The highest BCUT2D eigenvalue weighted by Crippen LogP contribution is 2.06. The Morgan fingerprint density at radius 2 is 2.00 bits per heavy atom. The van der Waals surface area contributed by atoms with Gasteiger partial charge in [0.15, 0.2) is 0 Å². The van der Waals surface area contributed by atoms with E-state index in [9.17, 15) is 0 Å². The number of hydrogen-bond acceptors (Lipinski definition) is 3. The zero-order valence-corrected chi connectivity index (χ0v) is 5.68. The summed E-state index contributed by atoms with van der Waals surface area (Å²) in [5, 5.41) is 1.99. The Hall–Kier alpha value is -0.120. The predicted molar refractivity (Wildman–Crippen MR) is 35.8 cm³/mol. The van der Waals surface area contributed by atoms with E-state index in [2.05, 4.69) is 0 Å². The van der Waals surface area contributed by atoms with Gasteiger partial charge in [-0.05, 0) is 12.8 Å². The molecular formula is C6H14N2O. The molecule has 3 heteroatoms. The largest absolute Gasteiger partial charge is 0.328 e. The van der Waals surface area contributed by atoms with Crippen molar-refractivity contribution in [3.8, 4) is 0 Å². The molecule has 0 unspecified atom stereocenters. The van der Waals surface area contributed by atoms with E-state index < -0.39 is 0 Å². The first-order valence-corrected chi connectivity index (χ1v) is 3.51. The van der Waals surface area contributed by atoms with E-state index in [0.717, 1.165) is 13.1 Å². The minimum Gasteiger partial charge on any atom is -0.328 e. The third kappa shape index (κ3) is 2.30. The molecule has 0 atom stereocenters. The quantitative estimate of drug-likeness (QED) is 0.583. The highest BCUT2D eigenvalue weighted by atomic mass is 16.7. The molecule has 1 fully saturated rings. The summed E-state index contributed by atoms with van der Waals surface area (Å²) in [5.41, 5.74) is 5.25. The van der Waals surface area contributed by atoms with Crippen molar-refractivity contribution in [2.24, 2.45) is 5.73 Å². The van der Waals surface area contributed by atoms with E-state index in [1.54, 1.807) is 0 Å². The standard InChI is InChI=1S/C6H14N2O/c7-3-6-9-8-4-1-2-5-8/h1-7H2. The fourth-order valence-electron chi connectivity index (χ4n) is 0.999. The van der Waals surface area contributed by atoms with Gasteiger partial charge in [-0.2, -0.15) is 5.06 Å². The van der Waals surface area contributed by atoms with Crippen LogP contribution in [0.2, 0.25) is 0 Å². The molecule has 0 aliphatic carbocycles. The van der Waals surface area contributed by atoms with E-state index in [-0.39, 0.29) is 0 Å². The third-order valence-corrected chi connectivity index (χ3v) is 1.46. The second-order valence-corrected chi connectivity index (χ2v) is 2.26. The van der Waals surface area contributed by atoms with Crippen LogP contribution in [0.1, 0.15) is 12.8 Å². The summed E-state index contributed by atoms with van der Waals surface area (Å²) in [4.78, 5) is 5.26. The lowest BCUT2D eigenvalue weighted by Gasteiger charge is -2.12. The van der Waals surface area contributed by atoms with Crippen LogP contribution in [0.4, 0.5) is 0 Å². The minimum atomic E-state index is 0.622. The molecule has 3 nitrogen and oxygen atoms in total. The van der Waals surface area contributed by atoms with Crippen LogP contribution in [0, 0.1) is 0 Å². The molecule has 9 heavy (non-hydrogen) atoms. The molecule has 0 radical (unpaired) electrons. The van der Waals surface area contributed by atoms with Gasteiger partial charge < -0.3 is 5.73 Å². The molecule has 0 bridgehead atoms. The summed E-state index contributed by atoms with van der Waals surface area (Å²) in [5.74, 6) is 0. The Labute approximate surface area is 55.7 Å². The molecule has 0 aromatic carbocycles. The highest BCUT2D eigenvalue weighted by molar-refractivity contribution is 4.56. The molecule has 1 heterocycles. The first-order valence-electron chi connectivity index (χ1n) is 3.51. The molecule has 2 N–H and O–H groups in total. The summed E-state index contributed by atoms with van der Waals surface area (Å²) in [6.07, 6.45) is 2.54. The summed E-state index contributed by atoms with van der Waals surface area (Å²) < 4.78 is 0. The van der Waals surface area contributed by atoms with Gasteiger partial charge >= 0.3 is 0 Å². The van der Waals surface area contributed by atoms with Gasteiger partial charge in [0, 0.05) is 19.6 Å². The van der Waals surface area contributed by atoms with Crippen LogP contribution in [0.15, 0.2) is 0 Å². The minimum absolute atomic E-state index is 0.622. The molecule has 0 amide bonds. The summed E-state index contributed by atoms with van der Waals surface area (Å²) >= 11 is 0. The number of hydroxylamine groups is 2. The Morgan fingerprint density at radius 3 is 2.56 bits per heavy atom. The van der Waals surface area contributed by atoms with Crippen LogP contribution in [0.5, 0.6) is 0 Å². The molecule has 0 spiro atoms. The van der Waals surface area contributed by atoms with Gasteiger partial charge in [0.05, 0.1) is 6.61 Å². The van der Waals surface area contributed by atoms with E-state index in [0.29, 0.717) is 13.2 Å². The maximum atomic E-state index is 5.26. The van der Waals surface area contributed by atoms with Crippen molar-refractivity contribution >= 4 is 0 Å². The topological polar surface area (TPSA) is 38.5 Å². The van der Waals surface area contributed by atoms with Crippen molar-refractivity contribution in [3.05, 3.63) is 0 Å². The van der Waals surface area contributed by atoms with Crippen LogP contribution in [-0.4, -0.2) is 31.3 Å². The fourth-order valence-corrected chi connectivity index (χ4v) is 0.999. The van der Waals surface area contributed by atoms with Crippen LogP contribution >= 0.6 is 0 Å². The van der Waals surface area contributed by atoms with Crippen molar-refractivity contribution in [2.75, 3.05) is 26.2 Å². The highest BCUT2D eigenvalue weighted by Gasteiger charge is 2.10. The molecule has 1 aliphatic rings. The summed E-state index contributed by atoms with van der Waals surface area (Å²) in [6, 6.07) is 0. The lowest BCUT2D eigenvalue weighted by Crippen LogP contribution is -2.23. The Bertz CT molecular complexity index is 71.5. The van der Waals surface area contributed by atoms with E-state index >= 15 is 0 Å². The van der Waals surface area contributed by atoms with Crippen molar-refractivity contribution < 1.29 is 4.84 Å². The van der Waals surface area contributed by atoms with E-state index in [1.165, 1.54) is 12.8 Å². The zero-order valence-electron chi connectivity index (χ0n) is 5.68. The summed E-state index contributed by atoms with van der Waals surface area (Å²) in [7, 11) is 0. The molecule has 1 rings (SSSR count). The second kappa shape index (κ2) is 3.82. The number of rotatable bonds is 3. The van der Waals surface area contributed by atoms with Crippen LogP contribution < -0.4 is 5.73 Å². The number of nitrogens with zero attached hydrogens (tertiary/aromatic N) is 1. The normalized spacial score (nSPS) is 21.0. The average molecular weight is 130 g/mol. The van der Waals surface area contributed by atoms with E-state index in [1.807, 2.05) is 5.06 Å². The lowest BCUT2D eigenvalue weighted by atomic mass is 10.4. The monoisotopic (exact) mass is 130 g/mol. The molecular weight excluding hydrogens is 116 g/mol. The second-order valence-electron chi connectivity index (χ2n) is 2.26. The molecule has 0 aromatic rings. The SMILES string of the molecule is NCCON1CCCC1. The van der Waals surface area contributed by atoms with Gasteiger partial charge in [0.2, 0.25) is 0 Å². The Balaban J connectivity index is 1.98. The molecule has 54 valence electrons. The van der Waals surface area contributed by atoms with Gasteiger partial charge in [-0.1, -0.05) is 0 Å². The zero-order chi connectivity index (χ0) is 6.53. The van der Waals surface area contributed by atoms with Crippen LogP contribution in [-0.2, 0) is 4.84 Å². The Morgan fingerprint density at radius 1 is 1.33 bits per heavy atom. The lowest BCUT2D eigenvalue weighted by molar-refractivity contribution is -0.139. The van der Waals surface area contributed by atoms with Gasteiger partial charge in [-0.3, -0.25) is 4.84 Å². The van der Waals surface area contributed by atoms with Gasteiger partial charge in [-0.25, -0.2) is 0 Å². The third-order valence-electron chi connectivity index (χ3n) is 1.46. The summed E-state index contributed by atoms with van der Waals surface area (Å²) in [6.45, 7) is 3.45. The first-order chi connectivity index (χ1) is 4.43. The van der Waals surface area contributed by atoms with Gasteiger partial charge in [-0.15, -0.1) is 0 Å². The molecule has 1 saturated heterocycles. The molecule has 0 aromatic heterocycles. The van der Waals surface area contributed by atoms with Crippen molar-refractivity contribution in [1.82, 2.24) is 5.06 Å². The maximum Gasteiger partial charge on any atom is 0.0807 e. The van der Waals surface area contributed by atoms with Gasteiger partial charge in [0.25, 0.3) is 0 Å². The predicted octanol–water partition coefficient (Wildman–Crippen LogP) is -0.0275. The van der Waals surface area contributed by atoms with Crippen molar-refractivity contribution in [1.29, 1.82) is 0 Å². The number of nitrogens with two attached hydrogens (primary N) is 1. The van der Waals surface area contributed by atoms with E-state index in [4.69, 9.17) is 10.6 Å². The van der Waals surface area contributed by atoms with Crippen LogP contribution in [0.25, 0.3) is 0 Å². The maximum absolute atomic E-state index is 5.26.